The van der Waals surface area contributed by atoms with E-state index in [2.05, 4.69) is 30.3 Å². The molecule has 2 aromatic heterocycles. The Morgan fingerprint density at radius 1 is 0.882 bits per heavy atom. The molecule has 0 aliphatic carbocycles. The van der Waals surface area contributed by atoms with Crippen LogP contribution in [0.3, 0.4) is 0 Å². The number of halogens is 1. The summed E-state index contributed by atoms with van der Waals surface area (Å²) in [4.78, 5) is 27.0. The monoisotopic (exact) mass is 503 g/mol. The molecule has 0 aliphatic rings. The van der Waals surface area contributed by atoms with Gasteiger partial charge in [-0.05, 0) is 42.5 Å². The summed E-state index contributed by atoms with van der Waals surface area (Å²) >= 11 is 8.59. The molecule has 0 saturated carbocycles. The van der Waals surface area contributed by atoms with Gasteiger partial charge in [0.1, 0.15) is 0 Å². The van der Waals surface area contributed by atoms with Crippen LogP contribution in [0.4, 0.5) is 32.1 Å². The number of hydrogen-bond acceptors (Lipinski definition) is 6. The van der Waals surface area contributed by atoms with Crippen molar-refractivity contribution < 1.29 is 4.79 Å². The Labute approximate surface area is 207 Å². The van der Waals surface area contributed by atoms with E-state index in [4.69, 9.17) is 30.5 Å². The van der Waals surface area contributed by atoms with Gasteiger partial charge in [0.25, 0.3) is 0 Å². The molecule has 5 aromatic rings. The van der Waals surface area contributed by atoms with Gasteiger partial charge in [0.15, 0.2) is 21.6 Å². The Morgan fingerprint density at radius 3 is 2.18 bits per heavy atom. The molecule has 0 bridgehead atoms. The zero-order valence-electron chi connectivity index (χ0n) is 17.2. The Hall–Kier alpha value is -4.22. The maximum atomic E-state index is 11.9. The summed E-state index contributed by atoms with van der Waals surface area (Å²) in [6.45, 7) is 13.8. The molecule has 2 heterocycles. The fourth-order valence-electron chi connectivity index (χ4n) is 2.86. The molecule has 0 unspecified atom stereocenters. The zero-order chi connectivity index (χ0) is 24.1. The van der Waals surface area contributed by atoms with Gasteiger partial charge in [-0.1, -0.05) is 52.5 Å². The number of carbonyl (C=O) groups is 1. The van der Waals surface area contributed by atoms with E-state index in [0.717, 1.165) is 20.4 Å². The molecule has 0 aliphatic heterocycles. The number of carbonyl (C=O) groups excluding carboxylic acids is 1. The van der Waals surface area contributed by atoms with E-state index in [-0.39, 0.29) is 0 Å². The van der Waals surface area contributed by atoms with Gasteiger partial charge >= 0.3 is 6.03 Å². The summed E-state index contributed by atoms with van der Waals surface area (Å²) in [5, 5.41) is 6.92. The van der Waals surface area contributed by atoms with E-state index >= 15 is 0 Å². The lowest BCUT2D eigenvalue weighted by Crippen LogP contribution is -2.19. The summed E-state index contributed by atoms with van der Waals surface area (Å²) in [7, 11) is 0. The predicted molar refractivity (Wildman–Crippen MR) is 140 cm³/mol. The summed E-state index contributed by atoms with van der Waals surface area (Å²) < 4.78 is 1.83. The molecule has 0 atom stereocenters. The number of amides is 2. The van der Waals surface area contributed by atoms with Crippen LogP contribution in [0.1, 0.15) is 0 Å². The Morgan fingerprint density at radius 2 is 1.53 bits per heavy atom. The molecule has 3 aromatic carbocycles. The quantitative estimate of drug-likeness (QED) is 0.216. The predicted octanol–water partition coefficient (Wildman–Crippen LogP) is 7.57. The highest BCUT2D eigenvalue weighted by atomic mass is 35.5. The zero-order valence-corrected chi connectivity index (χ0v) is 19.6. The first-order chi connectivity index (χ1) is 16.4. The molecule has 0 spiro atoms. The third kappa shape index (κ3) is 5.57. The SMILES string of the molecule is [C-]#[N+]c1ccc2nc(N)sc2c1.[C-]#[N+]c1ccc2nc(NC(=O)Nc3cccc(Cl)c3)sc2c1. The van der Waals surface area contributed by atoms with Gasteiger partial charge in [0, 0.05) is 20.1 Å². The molecular formula is C23H14ClN7OS2. The second-order valence-electron chi connectivity index (χ2n) is 6.69. The minimum absolute atomic E-state index is 0.397. The van der Waals surface area contributed by atoms with Crippen LogP contribution in [-0.2, 0) is 0 Å². The van der Waals surface area contributed by atoms with Gasteiger partial charge in [-0.3, -0.25) is 5.32 Å². The molecule has 2 amide bonds. The molecule has 4 N–H and O–H groups in total. The van der Waals surface area contributed by atoms with Crippen LogP contribution >= 0.6 is 34.3 Å². The number of anilines is 3. The fraction of sp³-hybridized carbons (Fsp3) is 0. The average Bonchev–Trinajstić information content (AvgIpc) is 3.39. The topological polar surface area (TPSA) is 102 Å². The highest BCUT2D eigenvalue weighted by Crippen LogP contribution is 2.30. The van der Waals surface area contributed by atoms with Crippen LogP contribution in [-0.4, -0.2) is 16.0 Å². The van der Waals surface area contributed by atoms with Crippen molar-refractivity contribution in [3.63, 3.8) is 0 Å². The first kappa shape index (κ1) is 23.0. The highest BCUT2D eigenvalue weighted by Gasteiger charge is 2.09. The van der Waals surface area contributed by atoms with Crippen molar-refractivity contribution in [3.8, 4) is 0 Å². The van der Waals surface area contributed by atoms with Gasteiger partial charge in [0.2, 0.25) is 0 Å². The smallest absolute Gasteiger partial charge is 0.325 e. The van der Waals surface area contributed by atoms with Gasteiger partial charge in [-0.15, -0.1) is 0 Å². The summed E-state index contributed by atoms with van der Waals surface area (Å²) in [5.41, 5.74) is 8.90. The number of rotatable bonds is 2. The number of thiazole rings is 2. The number of urea groups is 1. The van der Waals surface area contributed by atoms with E-state index in [1.807, 2.05) is 6.07 Å². The normalized spacial score (nSPS) is 10.1. The second-order valence-corrected chi connectivity index (χ2v) is 9.22. The Kier molecular flexibility index (Phi) is 6.85. The van der Waals surface area contributed by atoms with Crippen molar-refractivity contribution in [1.29, 1.82) is 0 Å². The largest absolute Gasteiger partial charge is 0.375 e. The van der Waals surface area contributed by atoms with E-state index in [1.54, 1.807) is 54.6 Å². The highest BCUT2D eigenvalue weighted by molar-refractivity contribution is 7.22. The van der Waals surface area contributed by atoms with Gasteiger partial charge in [0.05, 0.1) is 24.2 Å². The van der Waals surface area contributed by atoms with Crippen LogP contribution in [0.25, 0.3) is 30.1 Å². The van der Waals surface area contributed by atoms with E-state index in [0.29, 0.717) is 32.3 Å². The van der Waals surface area contributed by atoms with Gasteiger partial charge in [-0.2, -0.15) is 0 Å². The van der Waals surface area contributed by atoms with Crippen molar-refractivity contribution in [2.75, 3.05) is 16.4 Å². The van der Waals surface area contributed by atoms with E-state index in [9.17, 15) is 4.79 Å². The molecule has 8 nitrogen and oxygen atoms in total. The number of nitrogens with one attached hydrogen (secondary N) is 2. The van der Waals surface area contributed by atoms with Crippen molar-refractivity contribution in [2.24, 2.45) is 0 Å². The number of nitrogens with zero attached hydrogens (tertiary/aromatic N) is 4. The minimum atomic E-state index is -0.397. The third-order valence-corrected chi connectivity index (χ3v) is 6.34. The lowest BCUT2D eigenvalue weighted by Gasteiger charge is -2.05. The third-order valence-electron chi connectivity index (χ3n) is 4.32. The minimum Gasteiger partial charge on any atom is -0.375 e. The molecule has 34 heavy (non-hydrogen) atoms. The number of nitrogens with two attached hydrogens (primary N) is 1. The molecule has 5 rings (SSSR count). The molecular weight excluding hydrogens is 490 g/mol. The summed E-state index contributed by atoms with van der Waals surface area (Å²) in [6, 6.07) is 17.1. The number of aromatic nitrogens is 2. The number of benzene rings is 3. The number of hydrogen-bond donors (Lipinski definition) is 3. The summed E-state index contributed by atoms with van der Waals surface area (Å²) in [6.07, 6.45) is 0. The van der Waals surface area contributed by atoms with Crippen LogP contribution in [0.2, 0.25) is 5.02 Å². The lowest BCUT2D eigenvalue weighted by molar-refractivity contribution is 0.262. The standard InChI is InChI=1S/C15H9ClN4OS.C8H5N3S/c1-17-10-5-6-12-13(8-10)22-15(19-12)20-14(21)18-11-4-2-3-9(16)7-11;1-10-5-2-3-6-7(4-5)12-8(9)11-6/h2-8H,(H2,18,19,20,21);2-4H,(H2,9,11). The number of nitrogen functional groups attached to an aromatic ring is 1. The van der Waals surface area contributed by atoms with Crippen molar-refractivity contribution in [3.05, 3.63) is 88.5 Å². The maximum absolute atomic E-state index is 11.9. The first-order valence-electron chi connectivity index (χ1n) is 9.58. The van der Waals surface area contributed by atoms with Crippen LogP contribution in [0.15, 0.2) is 60.7 Å². The maximum Gasteiger partial charge on any atom is 0.325 e. The Bertz CT molecular complexity index is 1600. The fourth-order valence-corrected chi connectivity index (χ4v) is 4.71. The molecule has 0 saturated heterocycles. The van der Waals surface area contributed by atoms with Crippen molar-refractivity contribution in [1.82, 2.24) is 9.97 Å². The Balaban J connectivity index is 0.000000192. The van der Waals surface area contributed by atoms with E-state index in [1.165, 1.54) is 22.7 Å². The lowest BCUT2D eigenvalue weighted by atomic mass is 10.3. The molecule has 166 valence electrons. The van der Waals surface area contributed by atoms with Crippen LogP contribution < -0.4 is 16.4 Å². The van der Waals surface area contributed by atoms with Crippen LogP contribution in [0.5, 0.6) is 0 Å². The second kappa shape index (κ2) is 10.1. The van der Waals surface area contributed by atoms with Gasteiger partial charge < -0.3 is 11.1 Å². The average molecular weight is 504 g/mol. The molecule has 11 heteroatoms. The first-order valence-corrected chi connectivity index (χ1v) is 11.6. The van der Waals surface area contributed by atoms with Crippen molar-refractivity contribution in [2.45, 2.75) is 0 Å². The molecule has 0 fully saturated rings. The number of fused-ring (bicyclic) bond motifs is 2. The van der Waals surface area contributed by atoms with E-state index < -0.39 is 6.03 Å². The summed E-state index contributed by atoms with van der Waals surface area (Å²) in [5.74, 6) is 0. The van der Waals surface area contributed by atoms with Crippen LogP contribution in [0, 0.1) is 13.1 Å². The van der Waals surface area contributed by atoms with Gasteiger partial charge in [-0.25, -0.2) is 24.5 Å². The van der Waals surface area contributed by atoms with Crippen molar-refractivity contribution >= 4 is 88.1 Å². The molecule has 0 radical (unpaired) electrons.